The Labute approximate surface area is 248 Å². The lowest BCUT2D eigenvalue weighted by Crippen LogP contribution is -2.67. The minimum Gasteiger partial charge on any atom is -0.454 e. The van der Waals surface area contributed by atoms with E-state index in [0.717, 1.165) is 38.9 Å². The van der Waals surface area contributed by atoms with Crippen molar-refractivity contribution < 1.29 is 28.3 Å². The Bertz CT molecular complexity index is 1360. The third kappa shape index (κ3) is 6.52. The first-order valence-electron chi connectivity index (χ1n) is 13.5. The van der Waals surface area contributed by atoms with Crippen LogP contribution in [0.5, 0.6) is 0 Å². The lowest BCUT2D eigenvalue weighted by molar-refractivity contribution is -0.174. The molecule has 0 spiro atoms. The van der Waals surface area contributed by atoms with E-state index in [-0.39, 0.29) is 16.8 Å². The van der Waals surface area contributed by atoms with Crippen molar-refractivity contribution in [3.63, 3.8) is 0 Å². The van der Waals surface area contributed by atoms with Crippen molar-refractivity contribution >= 4 is 53.8 Å². The van der Waals surface area contributed by atoms with Crippen LogP contribution in [0.2, 0.25) is 18.1 Å². The van der Waals surface area contributed by atoms with Crippen LogP contribution in [0.3, 0.4) is 0 Å². The molecule has 2 aromatic carbocycles. The standard InChI is InChI=1S/C32H36NO6SSi/c1-8-17-38-30(36)28(35)33-27(34)26(20(2)39-41(6,7)32(3,4)5)29(33)40-31(37)25-16-15-23-18-22(13-14-24(23)19-25)21-11-9-10-12-21/h8-16,18-20,26,29H,1,17H2,2-7H3/t20-,26+,29-/m1/s1. The van der Waals surface area contributed by atoms with Gasteiger partial charge in [0.2, 0.25) is 11.0 Å². The van der Waals surface area contributed by atoms with Crippen molar-refractivity contribution in [3.8, 4) is 0 Å². The quantitative estimate of drug-likeness (QED) is 0.124. The molecule has 1 saturated heterocycles. The second-order valence-corrected chi connectivity index (χ2v) is 17.6. The number of β-lactam (4-membered cyclic amide) rings is 1. The third-order valence-electron chi connectivity index (χ3n) is 7.90. The van der Waals surface area contributed by atoms with Crippen LogP contribution in [-0.4, -0.2) is 54.2 Å². The van der Waals surface area contributed by atoms with Crippen LogP contribution >= 0.6 is 11.8 Å². The first kappa shape index (κ1) is 31.2. The summed E-state index contributed by atoms with van der Waals surface area (Å²) in [5, 5.41) is 0.550. The van der Waals surface area contributed by atoms with Gasteiger partial charge in [-0.2, -0.15) is 0 Å². The highest BCUT2D eigenvalue weighted by atomic mass is 32.2. The number of ether oxygens (including phenoxy) is 1. The molecule has 1 aliphatic heterocycles. The van der Waals surface area contributed by atoms with Gasteiger partial charge in [0.05, 0.1) is 12.0 Å². The van der Waals surface area contributed by atoms with Crippen LogP contribution in [0, 0.1) is 37.5 Å². The Morgan fingerprint density at radius 3 is 2.34 bits per heavy atom. The molecule has 3 atom stereocenters. The molecule has 5 radical (unpaired) electrons. The maximum Gasteiger partial charge on any atom is 0.397 e. The Morgan fingerprint density at radius 1 is 1.07 bits per heavy atom. The van der Waals surface area contributed by atoms with Gasteiger partial charge < -0.3 is 9.16 Å². The van der Waals surface area contributed by atoms with Crippen molar-refractivity contribution in [3.05, 3.63) is 91.8 Å². The fraction of sp³-hybridized carbons (Fsp3) is 0.344. The number of fused-ring (bicyclic) bond motifs is 1. The topological polar surface area (TPSA) is 90.0 Å². The van der Waals surface area contributed by atoms with Gasteiger partial charge in [0.15, 0.2) is 8.32 Å². The summed E-state index contributed by atoms with van der Waals surface area (Å²) < 4.78 is 11.4. The molecule has 0 unspecified atom stereocenters. The van der Waals surface area contributed by atoms with Gasteiger partial charge in [-0.25, -0.2) is 4.79 Å². The Morgan fingerprint density at radius 2 is 1.71 bits per heavy atom. The number of thioether (sulfide) groups is 1. The van der Waals surface area contributed by atoms with Gasteiger partial charge in [-0.05, 0) is 79.2 Å². The van der Waals surface area contributed by atoms with Crippen LogP contribution in [-0.2, 0) is 23.5 Å². The zero-order valence-corrected chi connectivity index (χ0v) is 26.1. The van der Waals surface area contributed by atoms with Gasteiger partial charge >= 0.3 is 11.9 Å². The van der Waals surface area contributed by atoms with Gasteiger partial charge in [0.25, 0.3) is 0 Å². The zero-order chi connectivity index (χ0) is 30.1. The molecule has 2 amide bonds. The molecule has 2 fully saturated rings. The van der Waals surface area contributed by atoms with Gasteiger partial charge in [0.1, 0.15) is 12.0 Å². The minimum absolute atomic E-state index is 0.107. The molecule has 215 valence electrons. The zero-order valence-electron chi connectivity index (χ0n) is 24.3. The third-order valence-corrected chi connectivity index (χ3v) is 13.7. The van der Waals surface area contributed by atoms with E-state index >= 15 is 0 Å². The predicted octanol–water partition coefficient (Wildman–Crippen LogP) is 5.92. The molecule has 1 heterocycles. The highest BCUT2D eigenvalue weighted by Gasteiger charge is 2.57. The second-order valence-electron chi connectivity index (χ2n) is 11.8. The van der Waals surface area contributed by atoms with Gasteiger partial charge in [-0.15, -0.1) is 0 Å². The summed E-state index contributed by atoms with van der Waals surface area (Å²) in [5.41, 5.74) is 1.52. The van der Waals surface area contributed by atoms with Crippen molar-refractivity contribution in [1.29, 1.82) is 0 Å². The van der Waals surface area contributed by atoms with E-state index in [9.17, 15) is 19.2 Å². The van der Waals surface area contributed by atoms with Crippen molar-refractivity contribution in [2.75, 3.05) is 6.61 Å². The van der Waals surface area contributed by atoms with Crippen LogP contribution in [0.15, 0.2) is 49.1 Å². The number of esters is 1. The number of likely N-dealkylation sites (tertiary alicyclic amines) is 1. The number of amides is 2. The highest BCUT2D eigenvalue weighted by Crippen LogP contribution is 2.44. The molecule has 2 aliphatic rings. The van der Waals surface area contributed by atoms with Crippen molar-refractivity contribution in [1.82, 2.24) is 4.90 Å². The summed E-state index contributed by atoms with van der Waals surface area (Å²) in [5.74, 6) is -2.48. The normalized spacial score (nSPS) is 20.5. The summed E-state index contributed by atoms with van der Waals surface area (Å²) in [4.78, 5) is 52.9. The maximum atomic E-state index is 13.5. The van der Waals surface area contributed by atoms with Crippen LogP contribution in [0.4, 0.5) is 0 Å². The number of rotatable bonds is 8. The highest BCUT2D eigenvalue weighted by molar-refractivity contribution is 8.14. The lowest BCUT2D eigenvalue weighted by atomic mass is 9.92. The number of carbonyl (C=O) groups is 4. The first-order chi connectivity index (χ1) is 19.2. The largest absolute Gasteiger partial charge is 0.454 e. The Balaban J connectivity index is 1.57. The Hall–Kier alpha value is -2.75. The van der Waals surface area contributed by atoms with E-state index < -0.39 is 43.5 Å². The fourth-order valence-corrected chi connectivity index (χ4v) is 7.27. The molecule has 2 aromatic rings. The average molecular weight is 591 g/mol. The first-order valence-corrected chi connectivity index (χ1v) is 17.3. The molecular weight excluding hydrogens is 555 g/mol. The van der Waals surface area contributed by atoms with E-state index in [0.29, 0.717) is 5.56 Å². The summed E-state index contributed by atoms with van der Waals surface area (Å²) in [6.07, 6.45) is 8.84. The number of carbonyl (C=O) groups excluding carboxylic acids is 4. The Kier molecular flexibility index (Phi) is 9.31. The summed E-state index contributed by atoms with van der Waals surface area (Å²) in [7, 11) is -2.27. The van der Waals surface area contributed by atoms with Crippen LogP contribution in [0.25, 0.3) is 10.8 Å². The SMILES string of the molecule is C=CCOC(=O)C(=O)N1C(=O)[C@H]([C@@H](C)O[Si](C)(C)C(C)(C)C)[C@H]1SC(=O)c1ccc2cc([C]3[CH][CH][CH][CH]3)ccc2c1. The van der Waals surface area contributed by atoms with Gasteiger partial charge in [-0.3, -0.25) is 19.3 Å². The van der Waals surface area contributed by atoms with E-state index in [2.05, 4.69) is 46.5 Å². The van der Waals surface area contributed by atoms with Crippen molar-refractivity contribution in [2.45, 2.75) is 57.3 Å². The molecule has 0 bridgehead atoms. The molecule has 0 N–H and O–H groups in total. The smallest absolute Gasteiger partial charge is 0.397 e. The molecule has 4 rings (SSSR count). The molecule has 41 heavy (non-hydrogen) atoms. The number of imide groups is 1. The summed E-state index contributed by atoms with van der Waals surface area (Å²) >= 11 is 0.853. The van der Waals surface area contributed by atoms with E-state index in [1.54, 1.807) is 19.1 Å². The number of benzene rings is 2. The second kappa shape index (κ2) is 12.2. The van der Waals surface area contributed by atoms with E-state index in [4.69, 9.17) is 9.16 Å². The predicted molar refractivity (Wildman–Crippen MR) is 163 cm³/mol. The maximum absolute atomic E-state index is 13.5. The monoisotopic (exact) mass is 590 g/mol. The molecule has 0 aromatic heterocycles. The van der Waals surface area contributed by atoms with Crippen LogP contribution in [0.1, 0.15) is 43.6 Å². The summed E-state index contributed by atoms with van der Waals surface area (Å²) in [6, 6.07) is 11.5. The molecular formula is C32H36NO6SSi. The fourth-order valence-electron chi connectivity index (χ4n) is 4.57. The number of nitrogens with zero attached hydrogens (tertiary/aromatic N) is 1. The molecule has 9 heteroatoms. The van der Waals surface area contributed by atoms with Gasteiger partial charge in [-0.1, -0.05) is 69.5 Å². The van der Waals surface area contributed by atoms with E-state index in [1.807, 2.05) is 43.9 Å². The van der Waals surface area contributed by atoms with Gasteiger partial charge in [0, 0.05) is 11.5 Å². The summed E-state index contributed by atoms with van der Waals surface area (Å²) in [6.45, 7) is 15.5. The van der Waals surface area contributed by atoms with Crippen LogP contribution < -0.4 is 0 Å². The number of hydrogen-bond acceptors (Lipinski definition) is 7. The molecule has 7 nitrogen and oxygen atoms in total. The average Bonchev–Trinajstić information content (AvgIpc) is 3.45. The van der Waals surface area contributed by atoms with E-state index in [1.165, 1.54) is 6.08 Å². The lowest BCUT2D eigenvalue weighted by Gasteiger charge is -2.49. The molecule has 1 aliphatic carbocycles. The minimum atomic E-state index is -2.27. The van der Waals surface area contributed by atoms with Crippen molar-refractivity contribution in [2.24, 2.45) is 5.92 Å². The number of hydrogen-bond donors (Lipinski definition) is 0. The molecule has 1 saturated carbocycles.